The highest BCUT2D eigenvalue weighted by Gasteiger charge is 2.16. The molecule has 4 rings (SSSR count). The first-order chi connectivity index (χ1) is 13.9. The molecule has 0 N–H and O–H groups in total. The van der Waals surface area contributed by atoms with Crippen molar-refractivity contribution < 1.29 is 10.3 Å². The summed E-state index contributed by atoms with van der Waals surface area (Å²) in [4.78, 5) is 27.0. The van der Waals surface area contributed by atoms with Gasteiger partial charge in [0.05, 0.1) is 24.0 Å². The van der Waals surface area contributed by atoms with Crippen molar-refractivity contribution in [2.24, 2.45) is 0 Å². The van der Waals surface area contributed by atoms with E-state index >= 15 is 0 Å². The van der Waals surface area contributed by atoms with Crippen molar-refractivity contribution in [3.8, 4) is 11.1 Å². The highest BCUT2D eigenvalue weighted by atomic mass is 16.1. The van der Waals surface area contributed by atoms with Gasteiger partial charge in [-0.3, -0.25) is 14.7 Å². The molecule has 126 valence electrons. The molecule has 1 aliphatic rings. The van der Waals surface area contributed by atoms with E-state index in [0.717, 1.165) is 31.3 Å². The van der Waals surface area contributed by atoms with Crippen molar-refractivity contribution in [3.63, 3.8) is 0 Å². The minimum atomic E-state index is -0.384. The molecule has 0 bridgehead atoms. The lowest BCUT2D eigenvalue weighted by molar-refractivity contribution is -0.119. The Hall–Kier alpha value is -2.66. The quantitative estimate of drug-likeness (QED) is 0.717. The predicted octanol–water partition coefficient (Wildman–Crippen LogP) is 2.90. The fourth-order valence-corrected chi connectivity index (χ4v) is 3.09. The number of nitrogens with zero attached hydrogens (tertiary/aromatic N) is 4. The second kappa shape index (κ2) is 7.07. The molecule has 3 heterocycles. The van der Waals surface area contributed by atoms with Crippen LogP contribution in [0.5, 0.6) is 0 Å². The molecule has 25 heavy (non-hydrogen) atoms. The Morgan fingerprint density at radius 1 is 1.24 bits per heavy atom. The molecule has 1 aromatic carbocycles. The molecule has 0 spiro atoms. The van der Waals surface area contributed by atoms with Crippen LogP contribution in [0.15, 0.2) is 48.8 Å². The van der Waals surface area contributed by atoms with E-state index in [-0.39, 0.29) is 42.2 Å². The summed E-state index contributed by atoms with van der Waals surface area (Å²) in [5.74, 6) is 0.523. The fourth-order valence-electron chi connectivity index (χ4n) is 3.09. The molecular formula is C20H20N4O. The number of hydrogen-bond donors (Lipinski definition) is 0. The number of ketones is 1. The Morgan fingerprint density at radius 2 is 2.12 bits per heavy atom. The molecule has 5 heteroatoms. The molecule has 0 atom stereocenters. The van der Waals surface area contributed by atoms with Crippen LogP contribution in [0.4, 0.5) is 0 Å². The third-order valence-electron chi connectivity index (χ3n) is 4.34. The maximum Gasteiger partial charge on any atom is 0.154 e. The summed E-state index contributed by atoms with van der Waals surface area (Å²) < 4.78 is 31.5. The van der Waals surface area contributed by atoms with Crippen LogP contribution in [0.25, 0.3) is 22.0 Å². The maximum absolute atomic E-state index is 12.3. The zero-order valence-corrected chi connectivity index (χ0v) is 13.7. The zero-order chi connectivity index (χ0) is 20.5. The highest BCUT2D eigenvalue weighted by Crippen LogP contribution is 2.22. The SMILES string of the molecule is [2H]c1nc([2H])c(-c2ccc3cnc(CC(=O)CN4CCCC4)nc3c2)c([2H])c1[2H]. The molecule has 0 saturated carbocycles. The van der Waals surface area contributed by atoms with Crippen LogP contribution < -0.4 is 0 Å². The van der Waals surface area contributed by atoms with E-state index in [1.807, 2.05) is 0 Å². The molecule has 0 amide bonds. The van der Waals surface area contributed by atoms with E-state index in [0.29, 0.717) is 23.4 Å². The highest BCUT2D eigenvalue weighted by molar-refractivity contribution is 5.85. The minimum Gasteiger partial charge on any atom is -0.298 e. The number of aromatic nitrogens is 3. The van der Waals surface area contributed by atoms with Gasteiger partial charge in [-0.2, -0.15) is 0 Å². The summed E-state index contributed by atoms with van der Waals surface area (Å²) in [6, 6.07) is 4.69. The number of carbonyl (C=O) groups excluding carboxylic acids is 1. The number of rotatable bonds is 5. The Morgan fingerprint density at radius 3 is 3.00 bits per heavy atom. The number of carbonyl (C=O) groups is 1. The van der Waals surface area contributed by atoms with E-state index in [4.69, 9.17) is 5.48 Å². The number of fused-ring (bicyclic) bond motifs is 1. The Bertz CT molecular complexity index is 1100. The van der Waals surface area contributed by atoms with Crippen LogP contribution in [0, 0.1) is 0 Å². The van der Waals surface area contributed by atoms with Crippen molar-refractivity contribution in [1.82, 2.24) is 19.9 Å². The lowest BCUT2D eigenvalue weighted by Gasteiger charge is -2.12. The standard InChI is InChI=1S/C20H20N4O/c25-18(14-24-8-1-2-9-24)11-20-22-13-17-6-5-15(10-19(17)23-20)16-4-3-7-21-12-16/h3-7,10,12-13H,1-2,8-9,11,14H2/i3D,4D,7D,12D. The molecule has 5 nitrogen and oxygen atoms in total. The first-order valence-electron chi connectivity index (χ1n) is 10.4. The van der Waals surface area contributed by atoms with Gasteiger partial charge in [-0.05, 0) is 43.6 Å². The van der Waals surface area contributed by atoms with Gasteiger partial charge >= 0.3 is 0 Å². The van der Waals surface area contributed by atoms with E-state index in [1.54, 1.807) is 24.4 Å². The van der Waals surface area contributed by atoms with Crippen molar-refractivity contribution in [3.05, 3.63) is 54.7 Å². The second-order valence-corrected chi connectivity index (χ2v) is 6.22. The van der Waals surface area contributed by atoms with Gasteiger partial charge in [0.2, 0.25) is 0 Å². The van der Waals surface area contributed by atoms with Crippen LogP contribution in [0.2, 0.25) is 0 Å². The minimum absolute atomic E-state index is 0.0818. The second-order valence-electron chi connectivity index (χ2n) is 6.22. The Kier molecular flexibility index (Phi) is 3.34. The van der Waals surface area contributed by atoms with Gasteiger partial charge in [0.1, 0.15) is 5.82 Å². The average molecular weight is 336 g/mol. The number of pyridine rings is 1. The van der Waals surface area contributed by atoms with Crippen molar-refractivity contribution in [2.75, 3.05) is 19.6 Å². The van der Waals surface area contributed by atoms with Crippen LogP contribution in [0.1, 0.15) is 24.1 Å². The molecular weight excluding hydrogens is 312 g/mol. The lowest BCUT2D eigenvalue weighted by atomic mass is 10.1. The average Bonchev–Trinajstić information content (AvgIpc) is 3.19. The topological polar surface area (TPSA) is 59.0 Å². The Labute approximate surface area is 152 Å². The number of likely N-dealkylation sites (tertiary alicyclic amines) is 1. The fraction of sp³-hybridized carbons (Fsp3) is 0.300. The molecule has 3 aromatic rings. The maximum atomic E-state index is 12.3. The van der Waals surface area contributed by atoms with E-state index in [9.17, 15) is 4.79 Å². The number of Topliss-reactive ketones (excluding diaryl/α,β-unsaturated/α-hetero) is 1. The van der Waals surface area contributed by atoms with E-state index in [2.05, 4.69) is 19.9 Å². The number of hydrogen-bond acceptors (Lipinski definition) is 5. The van der Waals surface area contributed by atoms with Gasteiger partial charge < -0.3 is 0 Å². The normalized spacial score (nSPS) is 17.1. The van der Waals surface area contributed by atoms with Crippen LogP contribution in [0.3, 0.4) is 0 Å². The molecule has 1 aliphatic heterocycles. The van der Waals surface area contributed by atoms with Crippen molar-refractivity contribution >= 4 is 16.7 Å². The van der Waals surface area contributed by atoms with Crippen LogP contribution in [-0.4, -0.2) is 45.3 Å². The predicted molar refractivity (Wildman–Crippen MR) is 97.2 cm³/mol. The van der Waals surface area contributed by atoms with Gasteiger partial charge in [-0.15, -0.1) is 0 Å². The molecule has 0 aliphatic carbocycles. The largest absolute Gasteiger partial charge is 0.298 e. The van der Waals surface area contributed by atoms with Gasteiger partial charge in [-0.1, -0.05) is 18.2 Å². The molecule has 0 radical (unpaired) electrons. The lowest BCUT2D eigenvalue weighted by Crippen LogP contribution is -2.28. The Balaban J connectivity index is 1.64. The van der Waals surface area contributed by atoms with E-state index in [1.165, 1.54) is 0 Å². The van der Waals surface area contributed by atoms with Gasteiger partial charge in [0.25, 0.3) is 0 Å². The molecule has 1 saturated heterocycles. The molecule has 0 unspecified atom stereocenters. The molecule has 2 aromatic heterocycles. The number of benzene rings is 1. The molecule has 1 fully saturated rings. The summed E-state index contributed by atoms with van der Waals surface area (Å²) >= 11 is 0. The summed E-state index contributed by atoms with van der Waals surface area (Å²) in [7, 11) is 0. The summed E-state index contributed by atoms with van der Waals surface area (Å²) in [5, 5.41) is 0.777. The van der Waals surface area contributed by atoms with Crippen LogP contribution >= 0.6 is 0 Å². The third kappa shape index (κ3) is 3.72. The first kappa shape index (κ1) is 11.8. The third-order valence-corrected chi connectivity index (χ3v) is 4.34. The zero-order valence-electron chi connectivity index (χ0n) is 17.7. The van der Waals surface area contributed by atoms with Gasteiger partial charge in [-0.25, -0.2) is 9.97 Å². The van der Waals surface area contributed by atoms with Crippen LogP contribution in [-0.2, 0) is 11.2 Å². The first-order valence-corrected chi connectivity index (χ1v) is 8.37. The summed E-state index contributed by atoms with van der Waals surface area (Å²) in [6.45, 7) is 2.34. The summed E-state index contributed by atoms with van der Waals surface area (Å²) in [6.07, 6.45) is 3.49. The smallest absolute Gasteiger partial charge is 0.154 e. The van der Waals surface area contributed by atoms with Crippen molar-refractivity contribution in [1.29, 1.82) is 0 Å². The van der Waals surface area contributed by atoms with Gasteiger partial charge in [0, 0.05) is 29.5 Å². The van der Waals surface area contributed by atoms with Gasteiger partial charge in [0.15, 0.2) is 5.78 Å². The monoisotopic (exact) mass is 336 g/mol. The van der Waals surface area contributed by atoms with Crippen molar-refractivity contribution in [2.45, 2.75) is 19.3 Å². The summed E-state index contributed by atoms with van der Waals surface area (Å²) in [5.41, 5.74) is 1.32. The van der Waals surface area contributed by atoms with E-state index < -0.39 is 0 Å².